The summed E-state index contributed by atoms with van der Waals surface area (Å²) in [6, 6.07) is 29.3. The van der Waals surface area contributed by atoms with Gasteiger partial charge in [-0.2, -0.15) is 8.42 Å². The molecule has 0 amide bonds. The van der Waals surface area contributed by atoms with Crippen molar-refractivity contribution in [1.29, 1.82) is 0 Å². The second-order valence-corrected chi connectivity index (χ2v) is 22.7. The highest BCUT2D eigenvalue weighted by molar-refractivity contribution is 7.90. The number of esters is 3. The first-order valence-corrected chi connectivity index (χ1v) is 28.0. The van der Waals surface area contributed by atoms with Crippen LogP contribution in [0.1, 0.15) is 64.0 Å². The van der Waals surface area contributed by atoms with E-state index in [1.165, 1.54) is 56.0 Å². The van der Waals surface area contributed by atoms with Gasteiger partial charge in [0.1, 0.15) is 42.2 Å². The van der Waals surface area contributed by atoms with Crippen LogP contribution in [0.3, 0.4) is 0 Å². The summed E-state index contributed by atoms with van der Waals surface area (Å²) < 4.78 is 55.3. The summed E-state index contributed by atoms with van der Waals surface area (Å²) in [5.41, 5.74) is 0.432. The number of nitrogens with one attached hydrogen (secondary N) is 1. The Labute approximate surface area is 483 Å². The Morgan fingerprint density at radius 2 is 1.19 bits per heavy atom. The van der Waals surface area contributed by atoms with Gasteiger partial charge in [0.2, 0.25) is 0 Å². The number of ether oxygens (including phenoxy) is 5. The number of carboxylic acids is 1. The fourth-order valence-corrected chi connectivity index (χ4v) is 10.4. The van der Waals surface area contributed by atoms with Crippen molar-refractivity contribution < 1.29 is 71.3 Å². The van der Waals surface area contributed by atoms with Gasteiger partial charge < -0.3 is 44.1 Å². The van der Waals surface area contributed by atoms with E-state index in [1.807, 2.05) is 6.07 Å². The van der Waals surface area contributed by atoms with Gasteiger partial charge in [0.05, 0.1) is 52.1 Å². The first-order valence-electron chi connectivity index (χ1n) is 22.1. The average Bonchev–Trinajstić information content (AvgIpc) is 4.28. The predicted octanol–water partition coefficient (Wildman–Crippen LogP) is 13.1. The number of sulfonamides is 1. The molecule has 7 aromatic rings. The molecule has 0 spiro atoms. The lowest BCUT2D eigenvalue weighted by Gasteiger charge is -2.17. The number of benzene rings is 3. The van der Waals surface area contributed by atoms with Crippen molar-refractivity contribution in [3.63, 3.8) is 0 Å². The highest BCUT2D eigenvalue weighted by Crippen LogP contribution is 2.41. The maximum atomic E-state index is 12.9. The number of nitro groups is 2. The van der Waals surface area contributed by atoms with E-state index in [0.29, 0.717) is 42.8 Å². The van der Waals surface area contributed by atoms with E-state index in [-0.39, 0.29) is 58.6 Å². The Morgan fingerprint density at radius 3 is 1.62 bits per heavy atom. The first-order chi connectivity index (χ1) is 37.5. The number of carbonyl (C=O) groups excluding carboxylic acids is 3. The second-order valence-electron chi connectivity index (χ2n) is 15.0. The van der Waals surface area contributed by atoms with Gasteiger partial charge in [-0.1, -0.05) is 95.9 Å². The van der Waals surface area contributed by atoms with Crippen molar-refractivity contribution in [2.45, 2.75) is 31.3 Å². The molecule has 79 heavy (non-hydrogen) atoms. The van der Waals surface area contributed by atoms with Gasteiger partial charge in [-0.3, -0.25) is 20.2 Å². The molecule has 0 aliphatic rings. The number of thiophene rings is 4. The number of methoxy groups -OCH3 is 3. The Morgan fingerprint density at radius 1 is 0.696 bits per heavy atom. The molecule has 0 aliphatic heterocycles. The summed E-state index contributed by atoms with van der Waals surface area (Å²) in [6.07, 6.45) is 3.12. The number of carbonyl (C=O) groups is 4. The fraction of sp³-hybridized carbons (Fsp3) is 0.204. The number of nitrogens with zero attached hydrogens (tertiary/aromatic N) is 4. The van der Waals surface area contributed by atoms with Gasteiger partial charge >= 0.3 is 29.6 Å². The van der Waals surface area contributed by atoms with Crippen molar-refractivity contribution in [2.75, 3.05) is 47.3 Å². The van der Waals surface area contributed by atoms with Crippen LogP contribution in [0.4, 0.5) is 17.1 Å². The summed E-state index contributed by atoms with van der Waals surface area (Å²) in [7, 11) is 3.08. The summed E-state index contributed by atoms with van der Waals surface area (Å²) >= 11 is 20.5. The van der Waals surface area contributed by atoms with Crippen LogP contribution in [-0.2, 0) is 30.8 Å². The zero-order valence-corrected chi connectivity index (χ0v) is 48.6. The minimum absolute atomic E-state index is 0.0228. The molecule has 422 valence electrons. The fourth-order valence-electron chi connectivity index (χ4n) is 5.40. The number of aliphatic hydroxyl groups is 1. The molecule has 0 fully saturated rings. The molecule has 4 aromatic heterocycles. The van der Waals surface area contributed by atoms with Crippen LogP contribution in [0.25, 0.3) is 0 Å². The monoisotopic (exact) mass is 1240 g/mol. The molecule has 30 heteroatoms. The van der Waals surface area contributed by atoms with Crippen molar-refractivity contribution in [3.05, 3.63) is 168 Å². The SMILES string of the molecule is CCCCNc1cc(CO)cc(S(=O)(=O)N=CN(C)C)c1Oc1ccccc1.COC(=O)c1cc([N+](=O)[O-])c(Cl)s1.COC(=O)c1cc([N+](=O)[O-])c(Oc2ccccc2)s1.COC(=O)c1ccc(Cl)s1.O=C(O)c1ccc(Cl)s1. The highest BCUT2D eigenvalue weighted by atomic mass is 35.5. The zero-order valence-electron chi connectivity index (χ0n) is 42.3. The molecule has 22 nitrogen and oxygen atoms in total. The average molecular weight is 1250 g/mol. The molecule has 0 radical (unpaired) electrons. The van der Waals surface area contributed by atoms with E-state index in [1.54, 1.807) is 93.0 Å². The van der Waals surface area contributed by atoms with Gasteiger partial charge in [-0.25, -0.2) is 19.2 Å². The lowest BCUT2D eigenvalue weighted by Crippen LogP contribution is -2.12. The number of rotatable bonds is 18. The smallest absolute Gasteiger partial charge is 0.348 e. The largest absolute Gasteiger partial charge is 0.477 e. The van der Waals surface area contributed by atoms with Gasteiger partial charge in [-0.05, 0) is 72.6 Å². The third-order valence-electron chi connectivity index (χ3n) is 9.01. The number of anilines is 1. The number of carboxylic acid groups (broad SMARTS) is 1. The van der Waals surface area contributed by atoms with Gasteiger partial charge in [0.15, 0.2) is 10.1 Å². The van der Waals surface area contributed by atoms with E-state index in [0.717, 1.165) is 59.0 Å². The van der Waals surface area contributed by atoms with Crippen molar-refractivity contribution in [3.8, 4) is 22.3 Å². The quantitative estimate of drug-likeness (QED) is 0.0137. The molecule has 0 aliphatic carbocycles. The third-order valence-corrected chi connectivity index (χ3v) is 15.0. The summed E-state index contributed by atoms with van der Waals surface area (Å²) in [6.45, 7) is 2.42. The standard InChI is InChI=1S/C20H27N3O4S.C12H9NO5S.C6H4ClNO4S.C6H5ClO2S.C5H3ClO2S/c1-4-5-11-21-18-12-16(14-24)13-19(28(25,26)22-15-23(2)3)20(18)27-17-9-7-6-8-10-17;1-17-11(14)10-7-9(13(15)16)12(19-10)18-8-5-3-2-4-6-8;1-12-6(9)4-2-3(8(10)11)5(7)13-4;1-9-6(8)4-2-3-5(7)10-4;6-4-2-1-3(9-4)5(7)8/h6-10,12-13,15,21,24H,4-5,11,14H2,1-3H3;2-7H,1H3;2H,1H3;2-3H,1H3;1-2H,(H,7,8). The van der Waals surface area contributed by atoms with E-state index >= 15 is 0 Å². The number of hydrogen-bond donors (Lipinski definition) is 3. The number of halogens is 3. The van der Waals surface area contributed by atoms with E-state index in [9.17, 15) is 52.9 Å². The molecular formula is C49H48Cl3N5O17S5. The maximum absolute atomic E-state index is 12.9. The molecule has 0 saturated heterocycles. The van der Waals surface area contributed by atoms with Gasteiger partial charge in [0.25, 0.3) is 20.8 Å². The lowest BCUT2D eigenvalue weighted by molar-refractivity contribution is -0.385. The molecule has 0 bridgehead atoms. The molecule has 0 unspecified atom stereocenters. The van der Waals surface area contributed by atoms with Crippen LogP contribution in [0.15, 0.2) is 118 Å². The minimum atomic E-state index is -4.04. The number of aromatic carboxylic acids is 1. The van der Waals surface area contributed by atoms with Crippen LogP contribution in [0.2, 0.25) is 13.0 Å². The summed E-state index contributed by atoms with van der Waals surface area (Å²) in [5.74, 6) is -1.38. The molecular weight excluding hydrogens is 1200 g/mol. The minimum Gasteiger partial charge on any atom is -0.477 e. The van der Waals surface area contributed by atoms with Crippen molar-refractivity contribution in [1.82, 2.24) is 4.90 Å². The zero-order chi connectivity index (χ0) is 58.8. The number of para-hydroxylation sites is 2. The van der Waals surface area contributed by atoms with Crippen LogP contribution < -0.4 is 14.8 Å². The predicted molar refractivity (Wildman–Crippen MR) is 305 cm³/mol. The van der Waals surface area contributed by atoms with E-state index < -0.39 is 37.8 Å². The maximum Gasteiger partial charge on any atom is 0.348 e. The van der Waals surface area contributed by atoms with E-state index in [4.69, 9.17) is 49.4 Å². The third kappa shape index (κ3) is 21.9. The molecule has 3 aromatic carbocycles. The van der Waals surface area contributed by atoms with Crippen LogP contribution in [0.5, 0.6) is 22.3 Å². The molecule has 7 rings (SSSR count). The normalized spacial score (nSPS) is 10.4. The number of unbranched alkanes of at least 4 members (excludes halogenated alkanes) is 1. The molecule has 4 heterocycles. The van der Waals surface area contributed by atoms with Crippen LogP contribution >= 0.6 is 80.1 Å². The van der Waals surface area contributed by atoms with E-state index in [2.05, 4.69) is 30.8 Å². The Bertz CT molecular complexity index is 3300. The Kier molecular flexibility index (Phi) is 27.8. The van der Waals surface area contributed by atoms with Crippen molar-refractivity contribution >= 4 is 137 Å². The van der Waals surface area contributed by atoms with Crippen molar-refractivity contribution in [2.24, 2.45) is 4.40 Å². The Balaban J connectivity index is 0.000000278. The van der Waals surface area contributed by atoms with Crippen LogP contribution in [-0.4, -0.2) is 106 Å². The molecule has 3 N–H and O–H groups in total. The summed E-state index contributed by atoms with van der Waals surface area (Å²) in [4.78, 5) is 65.7. The molecule has 0 atom stereocenters. The second kappa shape index (κ2) is 33.3. The Hall–Kier alpha value is -7.21. The lowest BCUT2D eigenvalue weighted by atomic mass is 10.2. The number of aliphatic hydroxyl groups excluding tert-OH is 1. The van der Waals surface area contributed by atoms with Crippen LogP contribution in [0, 0.1) is 20.2 Å². The summed E-state index contributed by atoms with van der Waals surface area (Å²) in [5, 5.41) is 42.5. The molecule has 0 saturated carbocycles. The highest BCUT2D eigenvalue weighted by Gasteiger charge is 2.26. The van der Waals surface area contributed by atoms with Gasteiger partial charge in [-0.15, -0.1) is 38.4 Å². The number of hydrogen-bond acceptors (Lipinski definition) is 21. The first kappa shape index (κ1) is 66.1. The van der Waals surface area contributed by atoms with Gasteiger partial charge in [0, 0.05) is 32.8 Å². The topological polar surface area (TPSA) is 303 Å².